The van der Waals surface area contributed by atoms with E-state index in [9.17, 15) is 4.79 Å². The van der Waals surface area contributed by atoms with Crippen LogP contribution in [0.4, 0.5) is 0 Å². The van der Waals surface area contributed by atoms with Crippen LogP contribution in [0.3, 0.4) is 0 Å². The zero-order chi connectivity index (χ0) is 20.3. The van der Waals surface area contributed by atoms with E-state index in [1.54, 1.807) is 7.05 Å². The fourth-order valence-electron chi connectivity index (χ4n) is 2.67. The highest BCUT2D eigenvalue weighted by Gasteiger charge is 2.15. The number of carbonyl (C=O) groups excluding carboxylic acids is 1. The zero-order valence-corrected chi connectivity index (χ0v) is 17.9. The molecule has 0 aliphatic carbocycles. The molecule has 6 nitrogen and oxygen atoms in total. The summed E-state index contributed by atoms with van der Waals surface area (Å²) in [7, 11) is 1.68. The molecule has 0 unspecified atom stereocenters. The molecule has 3 rings (SSSR count). The SMILES string of the molecule is Cc1ccc(-c2noc(CN(C)C(=O)COc3cc(C)c(Br)c(C)c3)n2)cc1. The minimum atomic E-state index is -0.173. The van der Waals surface area contributed by atoms with E-state index in [-0.39, 0.29) is 19.1 Å². The lowest BCUT2D eigenvalue weighted by Crippen LogP contribution is -2.31. The van der Waals surface area contributed by atoms with Crippen molar-refractivity contribution in [1.29, 1.82) is 0 Å². The fourth-order valence-corrected chi connectivity index (χ4v) is 2.90. The van der Waals surface area contributed by atoms with Crippen LogP contribution in [0.2, 0.25) is 0 Å². The molecule has 1 heterocycles. The monoisotopic (exact) mass is 443 g/mol. The molecule has 0 atom stereocenters. The number of carbonyl (C=O) groups is 1. The van der Waals surface area contributed by atoms with Crippen molar-refractivity contribution in [2.75, 3.05) is 13.7 Å². The molecule has 28 heavy (non-hydrogen) atoms. The van der Waals surface area contributed by atoms with Crippen molar-refractivity contribution in [2.45, 2.75) is 27.3 Å². The Kier molecular flexibility index (Phi) is 6.14. The summed E-state index contributed by atoms with van der Waals surface area (Å²) in [6, 6.07) is 11.7. The van der Waals surface area contributed by atoms with Gasteiger partial charge in [0.2, 0.25) is 11.7 Å². The summed E-state index contributed by atoms with van der Waals surface area (Å²) >= 11 is 3.52. The Bertz CT molecular complexity index is 960. The van der Waals surface area contributed by atoms with E-state index in [1.165, 1.54) is 4.90 Å². The van der Waals surface area contributed by atoms with E-state index in [2.05, 4.69) is 26.1 Å². The third-order valence-electron chi connectivity index (χ3n) is 4.35. The number of ether oxygens (including phenoxy) is 1. The van der Waals surface area contributed by atoms with Gasteiger partial charge in [-0.05, 0) is 44.0 Å². The number of rotatable bonds is 6. The highest BCUT2D eigenvalue weighted by atomic mass is 79.9. The molecule has 3 aromatic rings. The van der Waals surface area contributed by atoms with Crippen molar-refractivity contribution in [3.8, 4) is 17.1 Å². The average Bonchev–Trinajstić information content (AvgIpc) is 3.13. The maximum Gasteiger partial charge on any atom is 0.260 e. The van der Waals surface area contributed by atoms with E-state index >= 15 is 0 Å². The van der Waals surface area contributed by atoms with Crippen molar-refractivity contribution in [1.82, 2.24) is 15.0 Å². The Morgan fingerprint density at radius 3 is 2.43 bits per heavy atom. The molecule has 7 heteroatoms. The number of likely N-dealkylation sites (N-methyl/N-ethyl adjacent to an activating group) is 1. The van der Waals surface area contributed by atoms with Crippen LogP contribution in [0.15, 0.2) is 45.4 Å². The Hall–Kier alpha value is -2.67. The first-order valence-corrected chi connectivity index (χ1v) is 9.66. The van der Waals surface area contributed by atoms with E-state index in [0.717, 1.165) is 26.7 Å². The second-order valence-electron chi connectivity index (χ2n) is 6.79. The lowest BCUT2D eigenvalue weighted by molar-refractivity contribution is -0.132. The summed E-state index contributed by atoms with van der Waals surface area (Å²) in [4.78, 5) is 18.2. The summed E-state index contributed by atoms with van der Waals surface area (Å²) in [6.45, 7) is 6.15. The van der Waals surface area contributed by atoms with Crippen molar-refractivity contribution >= 4 is 21.8 Å². The molecule has 0 aliphatic rings. The van der Waals surface area contributed by atoms with Gasteiger partial charge in [-0.15, -0.1) is 0 Å². The zero-order valence-electron chi connectivity index (χ0n) is 16.3. The van der Waals surface area contributed by atoms with Crippen LogP contribution in [0, 0.1) is 20.8 Å². The molecule has 2 aromatic carbocycles. The standard InChI is InChI=1S/C21H22BrN3O3/c1-13-5-7-16(8-6-13)21-23-18(28-24-21)11-25(4)19(26)12-27-17-9-14(2)20(22)15(3)10-17/h5-10H,11-12H2,1-4H3. The minimum Gasteiger partial charge on any atom is -0.484 e. The van der Waals surface area contributed by atoms with Crippen molar-refractivity contribution < 1.29 is 14.1 Å². The molecule has 0 bridgehead atoms. The molecule has 0 saturated carbocycles. The van der Waals surface area contributed by atoms with E-state index in [4.69, 9.17) is 9.26 Å². The van der Waals surface area contributed by atoms with Crippen LogP contribution in [0.1, 0.15) is 22.6 Å². The first-order chi connectivity index (χ1) is 13.3. The molecule has 0 aliphatic heterocycles. The molecule has 0 saturated heterocycles. The second-order valence-corrected chi connectivity index (χ2v) is 7.58. The molecular formula is C21H22BrN3O3. The van der Waals surface area contributed by atoms with Crippen LogP contribution >= 0.6 is 15.9 Å². The summed E-state index contributed by atoms with van der Waals surface area (Å²) in [5.74, 6) is 1.38. The Morgan fingerprint density at radius 2 is 1.79 bits per heavy atom. The number of benzene rings is 2. The number of halogens is 1. The minimum absolute atomic E-state index is 0.0596. The summed E-state index contributed by atoms with van der Waals surface area (Å²) in [5, 5.41) is 3.99. The maximum absolute atomic E-state index is 12.4. The van der Waals surface area contributed by atoms with Gasteiger partial charge >= 0.3 is 0 Å². The number of hydrogen-bond acceptors (Lipinski definition) is 5. The van der Waals surface area contributed by atoms with E-state index in [0.29, 0.717) is 17.5 Å². The molecule has 1 amide bonds. The van der Waals surface area contributed by atoms with Gasteiger partial charge in [0.15, 0.2) is 6.61 Å². The molecule has 146 valence electrons. The number of aromatic nitrogens is 2. The third-order valence-corrected chi connectivity index (χ3v) is 5.60. The largest absolute Gasteiger partial charge is 0.484 e. The lowest BCUT2D eigenvalue weighted by Gasteiger charge is -2.16. The molecule has 0 fully saturated rings. The number of nitrogens with zero attached hydrogens (tertiary/aromatic N) is 3. The van der Waals surface area contributed by atoms with Crippen LogP contribution in [-0.2, 0) is 11.3 Å². The maximum atomic E-state index is 12.4. The first-order valence-electron chi connectivity index (χ1n) is 8.86. The van der Waals surface area contributed by atoms with Gasteiger partial charge in [-0.3, -0.25) is 4.79 Å². The Balaban J connectivity index is 1.58. The Labute approximate surface area is 172 Å². The quantitative estimate of drug-likeness (QED) is 0.562. The van der Waals surface area contributed by atoms with Gasteiger partial charge in [0, 0.05) is 17.1 Å². The number of amides is 1. The number of hydrogen-bond donors (Lipinski definition) is 0. The highest BCUT2D eigenvalue weighted by Crippen LogP contribution is 2.26. The lowest BCUT2D eigenvalue weighted by atomic mass is 10.1. The van der Waals surface area contributed by atoms with E-state index in [1.807, 2.05) is 57.2 Å². The predicted molar refractivity (Wildman–Crippen MR) is 110 cm³/mol. The van der Waals surface area contributed by atoms with Crippen LogP contribution < -0.4 is 4.74 Å². The Morgan fingerprint density at radius 1 is 1.14 bits per heavy atom. The van der Waals surface area contributed by atoms with Crippen LogP contribution in [0.25, 0.3) is 11.4 Å². The van der Waals surface area contributed by atoms with Gasteiger partial charge in [0.25, 0.3) is 5.91 Å². The predicted octanol–water partition coefficient (Wildman–Crippen LogP) is 4.46. The summed E-state index contributed by atoms with van der Waals surface area (Å²) in [6.07, 6.45) is 0. The summed E-state index contributed by atoms with van der Waals surface area (Å²) < 4.78 is 12.0. The number of aryl methyl sites for hydroxylation is 3. The molecule has 0 radical (unpaired) electrons. The second kappa shape index (κ2) is 8.56. The average molecular weight is 444 g/mol. The third kappa shape index (κ3) is 4.78. The van der Waals surface area contributed by atoms with Crippen molar-refractivity contribution in [3.63, 3.8) is 0 Å². The van der Waals surface area contributed by atoms with Gasteiger partial charge in [0.05, 0.1) is 6.54 Å². The molecule has 0 spiro atoms. The fraction of sp³-hybridized carbons (Fsp3) is 0.286. The van der Waals surface area contributed by atoms with Gasteiger partial charge < -0.3 is 14.2 Å². The van der Waals surface area contributed by atoms with Crippen molar-refractivity contribution in [2.24, 2.45) is 0 Å². The molecular weight excluding hydrogens is 422 g/mol. The van der Waals surface area contributed by atoms with Crippen molar-refractivity contribution in [3.05, 3.63) is 63.5 Å². The van der Waals surface area contributed by atoms with E-state index < -0.39 is 0 Å². The van der Waals surface area contributed by atoms with Gasteiger partial charge in [0.1, 0.15) is 5.75 Å². The topological polar surface area (TPSA) is 68.5 Å². The van der Waals surface area contributed by atoms with Gasteiger partial charge in [-0.25, -0.2) is 0 Å². The molecule has 1 aromatic heterocycles. The summed E-state index contributed by atoms with van der Waals surface area (Å²) in [5.41, 5.74) is 4.16. The van der Waals surface area contributed by atoms with Gasteiger partial charge in [-0.2, -0.15) is 4.98 Å². The normalized spacial score (nSPS) is 10.8. The first kappa shape index (κ1) is 20.1. The van der Waals surface area contributed by atoms with Crippen LogP contribution in [-0.4, -0.2) is 34.6 Å². The highest BCUT2D eigenvalue weighted by molar-refractivity contribution is 9.10. The smallest absolute Gasteiger partial charge is 0.260 e. The molecule has 0 N–H and O–H groups in total. The van der Waals surface area contributed by atoms with Crippen LogP contribution in [0.5, 0.6) is 5.75 Å². The van der Waals surface area contributed by atoms with Gasteiger partial charge in [-0.1, -0.05) is 50.9 Å².